The largest absolute Gasteiger partial charge is 0.302 e. The average molecular weight is 222 g/mol. The number of carbonyl (C=O) groups excluding carboxylic acids is 2. The summed E-state index contributed by atoms with van der Waals surface area (Å²) in [5.41, 5.74) is 0.561. The van der Waals surface area contributed by atoms with Crippen molar-refractivity contribution in [2.45, 2.75) is 26.7 Å². The Morgan fingerprint density at radius 3 is 2.00 bits per heavy atom. The van der Waals surface area contributed by atoms with Crippen molar-refractivity contribution in [1.29, 1.82) is 0 Å². The fourth-order valence-corrected chi connectivity index (χ4v) is 1.22. The molecule has 0 unspecified atom stereocenters. The highest BCUT2D eigenvalue weighted by Gasteiger charge is 2.47. The monoisotopic (exact) mass is 222 g/mol. The van der Waals surface area contributed by atoms with Gasteiger partial charge in [0.1, 0.15) is 17.9 Å². The number of carbonyl (C=O) groups is 2. The van der Waals surface area contributed by atoms with Gasteiger partial charge in [-0.15, -0.1) is 0 Å². The Morgan fingerprint density at radius 2 is 1.81 bits per heavy atom. The summed E-state index contributed by atoms with van der Waals surface area (Å²) in [7, 11) is 0. The van der Waals surface area contributed by atoms with Crippen LogP contribution >= 0.6 is 0 Å². The molecule has 1 aliphatic rings. The van der Waals surface area contributed by atoms with E-state index in [1.54, 1.807) is 12.1 Å². The summed E-state index contributed by atoms with van der Waals surface area (Å²) >= 11 is 0. The quantitative estimate of drug-likeness (QED) is 0.569. The van der Waals surface area contributed by atoms with Crippen molar-refractivity contribution >= 4 is 12.1 Å². The average Bonchev–Trinajstić information content (AvgIpc) is 3.04. The van der Waals surface area contributed by atoms with Crippen molar-refractivity contribution in [2.75, 3.05) is 0 Å². The van der Waals surface area contributed by atoms with Crippen molar-refractivity contribution in [3.05, 3.63) is 35.6 Å². The summed E-state index contributed by atoms with van der Waals surface area (Å²) in [4.78, 5) is 20.6. The van der Waals surface area contributed by atoms with Crippen molar-refractivity contribution < 1.29 is 14.0 Å². The van der Waals surface area contributed by atoms with Crippen molar-refractivity contribution in [3.8, 4) is 0 Å². The maximum atomic E-state index is 12.1. The molecule has 0 atom stereocenters. The lowest BCUT2D eigenvalue weighted by Crippen LogP contribution is -2.12. The maximum Gasteiger partial charge on any atom is 0.143 e. The molecule has 0 spiro atoms. The van der Waals surface area contributed by atoms with Gasteiger partial charge in [0.15, 0.2) is 0 Å². The Bertz CT molecular complexity index is 356. The van der Waals surface area contributed by atoms with Gasteiger partial charge in [0.05, 0.1) is 5.41 Å². The lowest BCUT2D eigenvalue weighted by molar-refractivity contribution is -0.127. The third-order valence-corrected chi connectivity index (χ3v) is 2.73. The standard InChI is InChI=1S/C7H7F.C6H8O2/c1-6-2-4-7(8)5-3-6;1-5(8)6(4-7)2-3-6/h2-5H,1H3;4H,2-3H2,1H3. The molecule has 1 fully saturated rings. The Morgan fingerprint density at radius 1 is 1.31 bits per heavy atom. The molecule has 1 aromatic rings. The molecule has 0 aliphatic heterocycles. The zero-order valence-corrected chi connectivity index (χ0v) is 9.50. The van der Waals surface area contributed by atoms with Crippen LogP contribution in [-0.4, -0.2) is 12.1 Å². The minimum absolute atomic E-state index is 0.0208. The number of aryl methyl sites for hydroxylation is 1. The van der Waals surface area contributed by atoms with Gasteiger partial charge in [-0.1, -0.05) is 17.7 Å². The molecule has 3 heteroatoms. The molecule has 1 saturated carbocycles. The lowest BCUT2D eigenvalue weighted by Gasteiger charge is -1.95. The van der Waals surface area contributed by atoms with Crippen LogP contribution in [0.5, 0.6) is 0 Å². The van der Waals surface area contributed by atoms with Crippen LogP contribution in [0, 0.1) is 18.2 Å². The highest BCUT2D eigenvalue weighted by atomic mass is 19.1. The van der Waals surface area contributed by atoms with Gasteiger partial charge >= 0.3 is 0 Å². The zero-order valence-electron chi connectivity index (χ0n) is 9.50. The van der Waals surface area contributed by atoms with Crippen molar-refractivity contribution in [1.82, 2.24) is 0 Å². The molecule has 0 bridgehead atoms. The van der Waals surface area contributed by atoms with Crippen LogP contribution in [0.3, 0.4) is 0 Å². The number of halogens is 1. The van der Waals surface area contributed by atoms with Gasteiger partial charge in [0.25, 0.3) is 0 Å². The molecule has 0 heterocycles. The van der Waals surface area contributed by atoms with Crippen LogP contribution in [0.4, 0.5) is 4.39 Å². The lowest BCUT2D eigenvalue weighted by atomic mass is 10.1. The second-order valence-corrected chi connectivity index (χ2v) is 4.13. The number of hydrogen-bond donors (Lipinski definition) is 0. The Kier molecular flexibility index (Phi) is 3.93. The van der Waals surface area contributed by atoms with E-state index in [4.69, 9.17) is 0 Å². The molecule has 1 aromatic carbocycles. The first-order valence-corrected chi connectivity index (χ1v) is 5.20. The summed E-state index contributed by atoms with van der Waals surface area (Å²) in [6.45, 7) is 3.40. The summed E-state index contributed by atoms with van der Waals surface area (Å²) in [6, 6.07) is 6.40. The van der Waals surface area contributed by atoms with E-state index in [9.17, 15) is 14.0 Å². The summed E-state index contributed by atoms with van der Waals surface area (Å²) in [5.74, 6) is -0.150. The minimum atomic E-state index is -0.528. The number of benzene rings is 1. The number of hydrogen-bond acceptors (Lipinski definition) is 2. The number of ketones is 1. The summed E-state index contributed by atoms with van der Waals surface area (Å²) in [5, 5.41) is 0. The van der Waals surface area contributed by atoms with Crippen LogP contribution < -0.4 is 0 Å². The first-order valence-electron chi connectivity index (χ1n) is 5.20. The molecule has 2 rings (SSSR count). The van der Waals surface area contributed by atoms with E-state index in [1.807, 2.05) is 6.92 Å². The van der Waals surface area contributed by atoms with Crippen molar-refractivity contribution in [2.24, 2.45) is 5.41 Å². The Hall–Kier alpha value is -1.51. The molecule has 0 aromatic heterocycles. The van der Waals surface area contributed by atoms with Gasteiger partial charge in [0, 0.05) is 0 Å². The fourth-order valence-electron chi connectivity index (χ4n) is 1.22. The highest BCUT2D eigenvalue weighted by Crippen LogP contribution is 2.43. The van der Waals surface area contributed by atoms with Gasteiger partial charge in [-0.05, 0) is 38.8 Å². The minimum Gasteiger partial charge on any atom is -0.302 e. The Labute approximate surface area is 94.5 Å². The van der Waals surface area contributed by atoms with E-state index >= 15 is 0 Å². The van der Waals surface area contributed by atoms with E-state index < -0.39 is 5.41 Å². The smallest absolute Gasteiger partial charge is 0.143 e. The van der Waals surface area contributed by atoms with Gasteiger partial charge < -0.3 is 4.79 Å². The second-order valence-electron chi connectivity index (χ2n) is 4.13. The van der Waals surface area contributed by atoms with Crippen LogP contribution in [0.2, 0.25) is 0 Å². The second kappa shape index (κ2) is 5.01. The third-order valence-electron chi connectivity index (χ3n) is 2.73. The van der Waals surface area contributed by atoms with Crippen LogP contribution in [0.1, 0.15) is 25.3 Å². The molecule has 1 aliphatic carbocycles. The molecular weight excluding hydrogens is 207 g/mol. The molecule has 0 radical (unpaired) electrons. The number of aldehydes is 1. The molecule has 0 saturated heterocycles. The van der Waals surface area contributed by atoms with E-state index in [2.05, 4.69) is 0 Å². The predicted octanol–water partition coefficient (Wildman–Crippen LogP) is 2.69. The first kappa shape index (κ1) is 12.6. The topological polar surface area (TPSA) is 34.1 Å². The predicted molar refractivity (Wildman–Crippen MR) is 59.5 cm³/mol. The maximum absolute atomic E-state index is 12.1. The molecule has 2 nitrogen and oxygen atoms in total. The van der Waals surface area contributed by atoms with Crippen LogP contribution in [0.25, 0.3) is 0 Å². The van der Waals surface area contributed by atoms with E-state index in [1.165, 1.54) is 19.1 Å². The van der Waals surface area contributed by atoms with Gasteiger partial charge in [-0.25, -0.2) is 4.39 Å². The molecule has 16 heavy (non-hydrogen) atoms. The van der Waals surface area contributed by atoms with E-state index in [0.717, 1.165) is 24.7 Å². The molecule has 0 amide bonds. The first-order chi connectivity index (χ1) is 7.50. The van der Waals surface area contributed by atoms with Gasteiger partial charge in [-0.2, -0.15) is 0 Å². The fraction of sp³-hybridized carbons (Fsp3) is 0.385. The van der Waals surface area contributed by atoms with Gasteiger partial charge in [0.2, 0.25) is 0 Å². The van der Waals surface area contributed by atoms with Gasteiger partial charge in [-0.3, -0.25) is 4.79 Å². The SMILES string of the molecule is CC(=O)C1(C=O)CC1.Cc1ccc(F)cc1. The normalized spacial score (nSPS) is 15.7. The van der Waals surface area contributed by atoms with E-state index in [0.29, 0.717) is 0 Å². The Balaban J connectivity index is 0.000000160. The van der Waals surface area contributed by atoms with Crippen molar-refractivity contribution in [3.63, 3.8) is 0 Å². The van der Waals surface area contributed by atoms with Crippen LogP contribution in [-0.2, 0) is 9.59 Å². The number of rotatable bonds is 2. The zero-order chi connectivity index (χ0) is 12.2. The van der Waals surface area contributed by atoms with Crippen LogP contribution in [0.15, 0.2) is 24.3 Å². The summed E-state index contributed by atoms with van der Waals surface area (Å²) < 4.78 is 12.1. The number of Topliss-reactive ketones (excluding diaryl/α,β-unsaturated/α-hetero) is 1. The van der Waals surface area contributed by atoms with E-state index in [-0.39, 0.29) is 11.6 Å². The molecular formula is C13H15FO2. The highest BCUT2D eigenvalue weighted by molar-refractivity contribution is 5.99. The molecule has 86 valence electrons. The molecule has 0 N–H and O–H groups in total. The third kappa shape index (κ3) is 3.26. The summed E-state index contributed by atoms with van der Waals surface area (Å²) in [6.07, 6.45) is 2.31.